The van der Waals surface area contributed by atoms with Crippen LogP contribution in [0.15, 0.2) is 30.3 Å². The molecule has 0 spiro atoms. The molecular formula is C34H43N7O4. The van der Waals surface area contributed by atoms with Crippen molar-refractivity contribution in [2.24, 2.45) is 5.73 Å². The molecule has 0 saturated carbocycles. The van der Waals surface area contributed by atoms with E-state index >= 15 is 0 Å². The normalized spacial score (nSPS) is 25.7. The Bertz CT molecular complexity index is 1780. The third-order valence-corrected chi connectivity index (χ3v) is 10.2. The molecule has 11 nitrogen and oxygen atoms in total. The van der Waals surface area contributed by atoms with Crippen LogP contribution in [0.1, 0.15) is 86.1 Å². The van der Waals surface area contributed by atoms with Crippen LogP contribution in [0.25, 0.3) is 28.1 Å². The molecule has 3 N–H and O–H groups in total. The number of imidazole rings is 1. The first-order chi connectivity index (χ1) is 21.8. The van der Waals surface area contributed by atoms with Gasteiger partial charge in [-0.2, -0.15) is 0 Å². The molecular weight excluding hydrogens is 570 g/mol. The Morgan fingerprint density at radius 2 is 1.87 bits per heavy atom. The Hall–Kier alpha value is -3.96. The lowest BCUT2D eigenvalue weighted by atomic mass is 9.97. The third kappa shape index (κ3) is 5.06. The average molecular weight is 614 g/mol. The molecule has 45 heavy (non-hydrogen) atoms. The molecule has 3 aliphatic rings. The Morgan fingerprint density at radius 3 is 2.60 bits per heavy atom. The van der Waals surface area contributed by atoms with Crippen LogP contribution >= 0.6 is 0 Å². The molecule has 4 aromatic heterocycles. The van der Waals surface area contributed by atoms with Gasteiger partial charge in [-0.1, -0.05) is 19.3 Å². The molecule has 0 aromatic carbocycles. The lowest BCUT2D eigenvalue weighted by molar-refractivity contribution is -0.132. The van der Waals surface area contributed by atoms with Crippen molar-refractivity contribution in [1.82, 2.24) is 29.2 Å². The number of fused-ring (bicyclic) bond motifs is 4. The number of carbonyl (C=O) groups is 2. The van der Waals surface area contributed by atoms with Crippen molar-refractivity contribution in [3.05, 3.63) is 47.3 Å². The molecule has 0 radical (unpaired) electrons. The van der Waals surface area contributed by atoms with E-state index in [-0.39, 0.29) is 36.0 Å². The molecule has 0 unspecified atom stereocenters. The Kier molecular flexibility index (Phi) is 7.77. The summed E-state index contributed by atoms with van der Waals surface area (Å²) in [4.78, 5) is 38.9. The molecule has 3 aliphatic heterocycles. The van der Waals surface area contributed by atoms with Crippen molar-refractivity contribution >= 4 is 28.5 Å². The second-order valence-electron chi connectivity index (χ2n) is 12.9. The van der Waals surface area contributed by atoms with E-state index in [1.54, 1.807) is 14.2 Å². The molecule has 2 amide bonds. The lowest BCUT2D eigenvalue weighted by Gasteiger charge is -2.23. The maximum absolute atomic E-state index is 13.8. The molecule has 4 bridgehead atoms. The zero-order valence-corrected chi connectivity index (χ0v) is 26.6. The number of nitrogens with zero attached hydrogens (tertiary/aromatic N) is 5. The predicted molar refractivity (Wildman–Crippen MR) is 171 cm³/mol. The number of nitrogens with one attached hydrogen (secondary N) is 1. The van der Waals surface area contributed by atoms with Gasteiger partial charge in [-0.25, -0.2) is 9.97 Å². The van der Waals surface area contributed by atoms with Gasteiger partial charge in [0.15, 0.2) is 5.88 Å². The summed E-state index contributed by atoms with van der Waals surface area (Å²) in [6.45, 7) is 4.78. The Balaban J connectivity index is 1.30. The number of amides is 2. The van der Waals surface area contributed by atoms with Gasteiger partial charge in [0.25, 0.3) is 5.91 Å². The number of ether oxygens (including phenoxy) is 2. The van der Waals surface area contributed by atoms with Crippen molar-refractivity contribution in [1.29, 1.82) is 0 Å². The number of aryl methyl sites for hydroxylation is 2. The highest BCUT2D eigenvalue weighted by Crippen LogP contribution is 2.39. The zero-order valence-electron chi connectivity index (χ0n) is 26.6. The smallest absolute Gasteiger partial charge is 0.254 e. The zero-order chi connectivity index (χ0) is 31.4. The highest BCUT2D eigenvalue weighted by atomic mass is 16.5. The molecule has 5 atom stereocenters. The van der Waals surface area contributed by atoms with Gasteiger partial charge in [-0.15, -0.1) is 0 Å². The minimum atomic E-state index is -0.455. The van der Waals surface area contributed by atoms with Crippen LogP contribution in [-0.4, -0.2) is 74.1 Å². The van der Waals surface area contributed by atoms with Crippen molar-refractivity contribution < 1.29 is 19.1 Å². The van der Waals surface area contributed by atoms with Gasteiger partial charge >= 0.3 is 0 Å². The summed E-state index contributed by atoms with van der Waals surface area (Å²) >= 11 is 0. The number of methoxy groups -OCH3 is 2. The highest BCUT2D eigenvalue weighted by Gasteiger charge is 2.47. The second kappa shape index (κ2) is 11.8. The van der Waals surface area contributed by atoms with E-state index in [0.717, 1.165) is 85.3 Å². The summed E-state index contributed by atoms with van der Waals surface area (Å²) in [5, 5.41) is 4.11. The molecule has 11 heteroatoms. The monoisotopic (exact) mass is 613 g/mol. The number of carbonyl (C=O) groups excluding carboxylic acids is 2. The van der Waals surface area contributed by atoms with E-state index in [4.69, 9.17) is 25.2 Å². The summed E-state index contributed by atoms with van der Waals surface area (Å²) in [5.41, 5.74) is 12.0. The van der Waals surface area contributed by atoms with Gasteiger partial charge < -0.3 is 30.0 Å². The largest absolute Gasteiger partial charge is 0.482 e. The van der Waals surface area contributed by atoms with Gasteiger partial charge in [0.2, 0.25) is 5.91 Å². The van der Waals surface area contributed by atoms with Crippen LogP contribution in [-0.2, 0) is 16.1 Å². The quantitative estimate of drug-likeness (QED) is 0.346. The first-order valence-electron chi connectivity index (χ1n) is 16.3. The SMILES string of the molecule is COc1cc(C(=O)N2[C@H]3CC[C@@H]2[C@H](N)C3)cc2nc(-c3cc4ccc5nc4n3CCCCCC[C@H](OC)C(=O)N[C@@H]5C)c(C)n12. The molecule has 4 aromatic rings. The van der Waals surface area contributed by atoms with Crippen LogP contribution in [0.2, 0.25) is 0 Å². The second-order valence-corrected chi connectivity index (χ2v) is 12.9. The number of pyridine rings is 2. The van der Waals surface area contributed by atoms with E-state index in [2.05, 4.69) is 22.0 Å². The fourth-order valence-electron chi connectivity index (χ4n) is 7.79. The standard InChI is InChI=1S/C34H43N7O4/c1-19-25-12-10-21-15-27(39(32(21)37-25)14-8-6-5-7-9-28(44-3)33(42)36-19)31-20(2)40-29(38-31)16-22(17-30(40)45-4)34(43)41-23-11-13-26(41)24(35)18-23/h10,12,15-17,19,23-24,26,28H,5-9,11,13-14,18,35H2,1-4H3,(H,36,42)/t19-,23+,24-,26-,28+/m1/s1. The topological polar surface area (TPSA) is 129 Å². The number of rotatable bonds is 4. The van der Waals surface area contributed by atoms with Crippen molar-refractivity contribution in [2.45, 2.75) is 102 Å². The van der Waals surface area contributed by atoms with E-state index in [0.29, 0.717) is 23.5 Å². The van der Waals surface area contributed by atoms with E-state index in [1.165, 1.54) is 0 Å². The third-order valence-electron chi connectivity index (χ3n) is 10.2. The fraction of sp³-hybridized carbons (Fsp3) is 0.529. The van der Waals surface area contributed by atoms with Crippen molar-refractivity contribution in [2.75, 3.05) is 14.2 Å². The molecule has 2 fully saturated rings. The molecule has 0 aliphatic carbocycles. The molecule has 7 rings (SSSR count). The van der Waals surface area contributed by atoms with Crippen LogP contribution in [0, 0.1) is 6.92 Å². The van der Waals surface area contributed by atoms with Gasteiger partial charge in [-0.05, 0) is 70.2 Å². The minimum absolute atomic E-state index is 0.00418. The predicted octanol–water partition coefficient (Wildman–Crippen LogP) is 4.53. The lowest BCUT2D eigenvalue weighted by Crippen LogP contribution is -2.40. The summed E-state index contributed by atoms with van der Waals surface area (Å²) in [7, 11) is 3.23. The number of hydrogen-bond acceptors (Lipinski definition) is 7. The minimum Gasteiger partial charge on any atom is -0.482 e. The van der Waals surface area contributed by atoms with Crippen LogP contribution in [0.4, 0.5) is 0 Å². The highest BCUT2D eigenvalue weighted by molar-refractivity contribution is 5.97. The van der Waals surface area contributed by atoms with Crippen molar-refractivity contribution in [3.8, 4) is 17.3 Å². The first-order valence-corrected chi connectivity index (χ1v) is 16.3. The maximum Gasteiger partial charge on any atom is 0.254 e. The van der Waals surface area contributed by atoms with Crippen LogP contribution in [0.3, 0.4) is 0 Å². The average Bonchev–Trinajstić information content (AvgIpc) is 3.78. The van der Waals surface area contributed by atoms with E-state index < -0.39 is 6.10 Å². The fourth-order valence-corrected chi connectivity index (χ4v) is 7.79. The van der Waals surface area contributed by atoms with Gasteiger partial charge in [-0.3, -0.25) is 14.0 Å². The summed E-state index contributed by atoms with van der Waals surface area (Å²) in [5.74, 6) is 0.460. The van der Waals surface area contributed by atoms with Gasteiger partial charge in [0.1, 0.15) is 23.1 Å². The summed E-state index contributed by atoms with van der Waals surface area (Å²) < 4.78 is 15.6. The van der Waals surface area contributed by atoms with Gasteiger partial charge in [0.05, 0.1) is 30.2 Å². The molecule has 7 heterocycles. The maximum atomic E-state index is 13.8. The number of hydrogen-bond donors (Lipinski definition) is 2. The van der Waals surface area contributed by atoms with Crippen LogP contribution < -0.4 is 15.8 Å². The number of nitrogens with two attached hydrogens (primary N) is 1. The van der Waals surface area contributed by atoms with E-state index in [9.17, 15) is 9.59 Å². The Labute approximate surface area is 263 Å². The first kappa shape index (κ1) is 29.7. The van der Waals surface area contributed by atoms with Crippen molar-refractivity contribution in [3.63, 3.8) is 0 Å². The molecule has 2 saturated heterocycles. The van der Waals surface area contributed by atoms with E-state index in [1.807, 2.05) is 41.3 Å². The summed E-state index contributed by atoms with van der Waals surface area (Å²) in [6.07, 6.45) is 7.01. The van der Waals surface area contributed by atoms with Gasteiger partial charge in [0, 0.05) is 48.8 Å². The van der Waals surface area contributed by atoms with Crippen LogP contribution in [0.5, 0.6) is 5.88 Å². The Morgan fingerprint density at radius 1 is 1.04 bits per heavy atom. The summed E-state index contributed by atoms with van der Waals surface area (Å²) in [6, 6.07) is 9.97. The number of aromatic nitrogens is 4. The molecule has 238 valence electrons.